The van der Waals surface area contributed by atoms with Crippen molar-refractivity contribution in [3.63, 3.8) is 0 Å². The molecular weight excluding hydrogens is 450 g/mol. The number of carbonyl (C=O) groups is 3. The molecule has 1 aromatic carbocycles. The van der Waals surface area contributed by atoms with Crippen LogP contribution in [-0.4, -0.2) is 78.8 Å². The molecule has 2 aliphatic rings. The first-order valence-corrected chi connectivity index (χ1v) is 12.4. The van der Waals surface area contributed by atoms with Gasteiger partial charge < -0.3 is 24.8 Å². The fourth-order valence-electron chi connectivity index (χ4n) is 4.74. The average molecular weight is 488 g/mol. The molecule has 35 heavy (non-hydrogen) atoms. The van der Waals surface area contributed by atoms with E-state index in [-0.39, 0.29) is 31.1 Å². The van der Waals surface area contributed by atoms with Crippen molar-refractivity contribution in [2.75, 3.05) is 40.0 Å². The molecule has 0 aliphatic carbocycles. The Morgan fingerprint density at radius 2 is 1.83 bits per heavy atom. The lowest BCUT2D eigenvalue weighted by molar-refractivity contribution is -0.143. The molecule has 1 aromatic rings. The summed E-state index contributed by atoms with van der Waals surface area (Å²) in [5.41, 5.74) is 0.809. The van der Waals surface area contributed by atoms with E-state index in [0.29, 0.717) is 31.1 Å². The summed E-state index contributed by atoms with van der Waals surface area (Å²) in [4.78, 5) is 41.5. The number of nitrogens with zero attached hydrogens (tertiary/aromatic N) is 2. The highest BCUT2D eigenvalue weighted by atomic mass is 16.7. The minimum absolute atomic E-state index is 0.0132. The summed E-state index contributed by atoms with van der Waals surface area (Å²) >= 11 is 0. The molecule has 9 heteroatoms. The molecule has 0 spiro atoms. The second-order valence-corrected chi connectivity index (χ2v) is 9.06. The molecule has 1 unspecified atom stereocenters. The number of nitrogens with one attached hydrogen (secondary N) is 1. The van der Waals surface area contributed by atoms with Gasteiger partial charge in [0.05, 0.1) is 12.5 Å². The maximum Gasteiger partial charge on any atom is 0.309 e. The minimum atomic E-state index is -0.969. The number of fused-ring (bicyclic) bond motifs is 1. The highest BCUT2D eigenvalue weighted by Crippen LogP contribution is 2.42. The average Bonchev–Trinajstić information content (AvgIpc) is 3.46. The predicted octanol–water partition coefficient (Wildman–Crippen LogP) is 2.61. The van der Waals surface area contributed by atoms with Crippen LogP contribution in [0.4, 0.5) is 0 Å². The van der Waals surface area contributed by atoms with Gasteiger partial charge in [-0.1, -0.05) is 38.8 Å². The molecule has 0 aromatic heterocycles. The second-order valence-electron chi connectivity index (χ2n) is 9.06. The Labute approximate surface area is 207 Å². The molecule has 2 amide bonds. The molecule has 0 radical (unpaired) electrons. The topological polar surface area (TPSA) is 108 Å². The van der Waals surface area contributed by atoms with Gasteiger partial charge in [-0.25, -0.2) is 0 Å². The molecule has 1 saturated heterocycles. The van der Waals surface area contributed by atoms with Gasteiger partial charge in [-0.05, 0) is 30.5 Å². The van der Waals surface area contributed by atoms with E-state index >= 15 is 0 Å². The largest absolute Gasteiger partial charge is 0.481 e. The monoisotopic (exact) mass is 487 g/mol. The number of amides is 2. The number of rotatable bonds is 12. The van der Waals surface area contributed by atoms with Crippen molar-refractivity contribution in [1.82, 2.24) is 15.1 Å². The molecule has 2 heterocycles. The van der Waals surface area contributed by atoms with Gasteiger partial charge in [0.1, 0.15) is 0 Å². The first-order valence-electron chi connectivity index (χ1n) is 12.4. The quantitative estimate of drug-likeness (QED) is 0.436. The van der Waals surface area contributed by atoms with E-state index in [1.807, 2.05) is 21.9 Å². The van der Waals surface area contributed by atoms with Gasteiger partial charge in [-0.2, -0.15) is 0 Å². The lowest BCUT2D eigenvalue weighted by atomic mass is 9.85. The third kappa shape index (κ3) is 6.54. The smallest absolute Gasteiger partial charge is 0.309 e. The van der Waals surface area contributed by atoms with Gasteiger partial charge in [0, 0.05) is 44.7 Å². The number of hydrogen-bond donors (Lipinski definition) is 2. The molecule has 0 bridgehead atoms. The third-order valence-electron chi connectivity index (χ3n) is 6.71. The Hall–Kier alpha value is -3.07. The molecule has 2 aliphatic heterocycles. The van der Waals surface area contributed by atoms with Gasteiger partial charge >= 0.3 is 5.97 Å². The SMILES string of the molecule is CCCCN(CCCC)C(=O)CN1CC(c2ccc3c(c2)OCO3)[C@H](C(=O)O)[C@H]1C=CC(=O)NC. The van der Waals surface area contributed by atoms with Gasteiger partial charge in [0.25, 0.3) is 0 Å². The molecule has 192 valence electrons. The summed E-state index contributed by atoms with van der Waals surface area (Å²) in [5, 5.41) is 12.7. The zero-order chi connectivity index (χ0) is 25.4. The van der Waals surface area contributed by atoms with Crippen molar-refractivity contribution in [2.45, 2.75) is 51.5 Å². The Kier molecular flexibility index (Phi) is 9.54. The van der Waals surface area contributed by atoms with Crippen LogP contribution in [-0.2, 0) is 14.4 Å². The Morgan fingerprint density at radius 3 is 2.46 bits per heavy atom. The standard InChI is InChI=1S/C26H37N3O6/c1-4-6-12-28(13-7-5-2)24(31)16-29-15-19(18-8-10-21-22(14-18)35-17-34-21)25(26(32)33)20(29)9-11-23(30)27-3/h8-11,14,19-20,25H,4-7,12-13,15-17H2,1-3H3,(H,27,30)(H,32,33)/t19?,20-,25+/m1/s1. The molecule has 1 fully saturated rings. The molecule has 9 nitrogen and oxygen atoms in total. The number of carboxylic acids is 1. The van der Waals surface area contributed by atoms with E-state index in [2.05, 4.69) is 19.2 Å². The van der Waals surface area contributed by atoms with E-state index < -0.39 is 17.9 Å². The number of likely N-dealkylation sites (tertiary alicyclic amines) is 1. The lowest BCUT2D eigenvalue weighted by Gasteiger charge is -2.28. The van der Waals surface area contributed by atoms with Crippen molar-refractivity contribution in [3.05, 3.63) is 35.9 Å². The van der Waals surface area contributed by atoms with Crippen molar-refractivity contribution < 1.29 is 29.0 Å². The third-order valence-corrected chi connectivity index (χ3v) is 6.71. The number of unbranched alkanes of at least 4 members (excludes halogenated alkanes) is 2. The highest BCUT2D eigenvalue weighted by Gasteiger charge is 2.46. The predicted molar refractivity (Wildman–Crippen MR) is 131 cm³/mol. The Balaban J connectivity index is 1.89. The zero-order valence-electron chi connectivity index (χ0n) is 20.9. The molecule has 2 N–H and O–H groups in total. The van der Waals surface area contributed by atoms with Crippen LogP contribution in [0.2, 0.25) is 0 Å². The van der Waals surface area contributed by atoms with E-state index in [9.17, 15) is 19.5 Å². The molecule has 3 rings (SSSR count). The van der Waals surface area contributed by atoms with Crippen LogP contribution in [0.1, 0.15) is 51.0 Å². The summed E-state index contributed by atoms with van der Waals surface area (Å²) < 4.78 is 10.9. The van der Waals surface area contributed by atoms with Gasteiger partial charge in [0.2, 0.25) is 18.6 Å². The molecular formula is C26H37N3O6. The van der Waals surface area contributed by atoms with Gasteiger partial charge in [-0.3, -0.25) is 19.3 Å². The first kappa shape index (κ1) is 26.5. The maximum absolute atomic E-state index is 13.3. The Bertz CT molecular complexity index is 926. The number of benzene rings is 1. The van der Waals surface area contributed by atoms with Gasteiger partial charge in [-0.15, -0.1) is 0 Å². The van der Waals surface area contributed by atoms with E-state index in [1.165, 1.54) is 13.1 Å². The zero-order valence-corrected chi connectivity index (χ0v) is 20.9. The number of aliphatic carboxylic acids is 1. The number of ether oxygens (including phenoxy) is 2. The first-order chi connectivity index (χ1) is 16.9. The minimum Gasteiger partial charge on any atom is -0.481 e. The van der Waals surface area contributed by atoms with Crippen LogP contribution in [0.3, 0.4) is 0 Å². The van der Waals surface area contributed by atoms with Crippen LogP contribution in [0.15, 0.2) is 30.4 Å². The number of carboxylic acid groups (broad SMARTS) is 1. The highest BCUT2D eigenvalue weighted by molar-refractivity contribution is 5.87. The summed E-state index contributed by atoms with van der Waals surface area (Å²) in [7, 11) is 1.52. The van der Waals surface area contributed by atoms with Crippen molar-refractivity contribution >= 4 is 17.8 Å². The Morgan fingerprint density at radius 1 is 1.14 bits per heavy atom. The van der Waals surface area contributed by atoms with Crippen LogP contribution >= 0.6 is 0 Å². The number of hydrogen-bond acceptors (Lipinski definition) is 6. The molecule has 3 atom stereocenters. The number of likely N-dealkylation sites (N-methyl/N-ethyl adjacent to an activating group) is 1. The van der Waals surface area contributed by atoms with Gasteiger partial charge in [0.15, 0.2) is 11.5 Å². The van der Waals surface area contributed by atoms with Crippen LogP contribution in [0.25, 0.3) is 0 Å². The summed E-state index contributed by atoms with van der Waals surface area (Å²) in [6.45, 7) is 6.18. The van der Waals surface area contributed by atoms with Crippen LogP contribution in [0.5, 0.6) is 11.5 Å². The van der Waals surface area contributed by atoms with Crippen molar-refractivity contribution in [2.24, 2.45) is 5.92 Å². The van der Waals surface area contributed by atoms with Crippen LogP contribution < -0.4 is 14.8 Å². The van der Waals surface area contributed by atoms with E-state index in [4.69, 9.17) is 9.47 Å². The normalized spacial score (nSPS) is 21.4. The van der Waals surface area contributed by atoms with Crippen LogP contribution in [0, 0.1) is 5.92 Å². The summed E-state index contributed by atoms with van der Waals surface area (Å²) in [5.74, 6) is -1.30. The molecule has 0 saturated carbocycles. The fourth-order valence-corrected chi connectivity index (χ4v) is 4.74. The number of carbonyl (C=O) groups excluding carboxylic acids is 2. The fraction of sp³-hybridized carbons (Fsp3) is 0.577. The van der Waals surface area contributed by atoms with E-state index in [1.54, 1.807) is 12.1 Å². The summed E-state index contributed by atoms with van der Waals surface area (Å²) in [6, 6.07) is 4.86. The van der Waals surface area contributed by atoms with Crippen molar-refractivity contribution in [3.8, 4) is 11.5 Å². The summed E-state index contributed by atoms with van der Waals surface area (Å²) in [6.07, 6.45) is 6.79. The second kappa shape index (κ2) is 12.6. The van der Waals surface area contributed by atoms with E-state index in [0.717, 1.165) is 31.2 Å². The maximum atomic E-state index is 13.3. The van der Waals surface area contributed by atoms with Crippen molar-refractivity contribution in [1.29, 1.82) is 0 Å². The lowest BCUT2D eigenvalue weighted by Crippen LogP contribution is -2.44.